The Balaban J connectivity index is 1.46. The lowest BCUT2D eigenvalue weighted by Gasteiger charge is -2.34. The van der Waals surface area contributed by atoms with Crippen molar-refractivity contribution in [3.05, 3.63) is 23.9 Å². The number of fused-ring (bicyclic) bond motifs is 2. The number of aromatic nitrogens is 1. The average molecular weight is 344 g/mol. The molecule has 6 nitrogen and oxygen atoms in total. The molecule has 4 rings (SSSR count). The number of likely N-dealkylation sites (tertiary alicyclic amines) is 1. The van der Waals surface area contributed by atoms with Crippen molar-refractivity contribution < 1.29 is 19.4 Å². The third-order valence-corrected chi connectivity index (χ3v) is 5.03. The molecule has 1 amide bonds. The molecule has 2 aliphatic rings. The van der Waals surface area contributed by atoms with Crippen LogP contribution in [-0.4, -0.2) is 46.4 Å². The molecule has 0 atom stereocenters. The third-order valence-electron chi connectivity index (χ3n) is 5.03. The van der Waals surface area contributed by atoms with Crippen molar-refractivity contribution in [2.75, 3.05) is 19.9 Å². The summed E-state index contributed by atoms with van der Waals surface area (Å²) in [5.41, 5.74) is 0.836. The zero-order valence-corrected chi connectivity index (χ0v) is 14.7. The predicted molar refractivity (Wildman–Crippen MR) is 94.0 cm³/mol. The number of carbonyl (C=O) groups is 1. The highest BCUT2D eigenvalue weighted by atomic mass is 16.7. The molecular formula is C19H24N2O4. The molecule has 3 heterocycles. The predicted octanol–water partition coefficient (Wildman–Crippen LogP) is 2.91. The van der Waals surface area contributed by atoms with Crippen LogP contribution in [0.3, 0.4) is 0 Å². The molecule has 2 aromatic rings. The van der Waals surface area contributed by atoms with Crippen LogP contribution in [0.5, 0.6) is 11.5 Å². The molecule has 0 radical (unpaired) electrons. The van der Waals surface area contributed by atoms with Gasteiger partial charge in [0.25, 0.3) is 5.91 Å². The van der Waals surface area contributed by atoms with Crippen molar-refractivity contribution in [3.63, 3.8) is 0 Å². The molecule has 25 heavy (non-hydrogen) atoms. The summed E-state index contributed by atoms with van der Waals surface area (Å²) in [6.45, 7) is 5.41. The molecule has 0 aliphatic carbocycles. The van der Waals surface area contributed by atoms with Gasteiger partial charge in [-0.15, -0.1) is 0 Å². The summed E-state index contributed by atoms with van der Waals surface area (Å²) >= 11 is 0. The second-order valence-corrected chi connectivity index (χ2v) is 7.73. The first-order valence-corrected chi connectivity index (χ1v) is 8.83. The Morgan fingerprint density at radius 1 is 1.24 bits per heavy atom. The van der Waals surface area contributed by atoms with Crippen molar-refractivity contribution in [3.8, 4) is 11.5 Å². The van der Waals surface area contributed by atoms with Crippen LogP contribution in [0.2, 0.25) is 0 Å². The van der Waals surface area contributed by atoms with E-state index in [0.717, 1.165) is 49.0 Å². The monoisotopic (exact) mass is 344 g/mol. The summed E-state index contributed by atoms with van der Waals surface area (Å²) in [6, 6.07) is 5.66. The standard InChI is InChI=1S/C19H24N2O4/c1-19(2,23)10-12-3-5-21(6-4-12)18(22)15-7-13-8-16-17(25-11-24-16)9-14(13)20-15/h7-9,12,20,23H,3-6,10-11H2,1-2H3. The number of aliphatic hydroxyl groups is 1. The number of benzene rings is 1. The summed E-state index contributed by atoms with van der Waals surface area (Å²) in [6.07, 6.45) is 2.66. The topological polar surface area (TPSA) is 74.8 Å². The number of nitrogens with one attached hydrogen (secondary N) is 1. The quantitative estimate of drug-likeness (QED) is 0.898. The van der Waals surface area contributed by atoms with Gasteiger partial charge in [-0.3, -0.25) is 4.79 Å². The second-order valence-electron chi connectivity index (χ2n) is 7.73. The maximum absolute atomic E-state index is 12.8. The number of piperidine rings is 1. The lowest BCUT2D eigenvalue weighted by Crippen LogP contribution is -2.40. The van der Waals surface area contributed by atoms with Crippen molar-refractivity contribution >= 4 is 16.8 Å². The van der Waals surface area contributed by atoms with E-state index in [1.54, 1.807) is 0 Å². The van der Waals surface area contributed by atoms with Crippen LogP contribution in [0.15, 0.2) is 18.2 Å². The Morgan fingerprint density at radius 2 is 1.92 bits per heavy atom. The Kier molecular flexibility index (Phi) is 3.87. The van der Waals surface area contributed by atoms with Crippen LogP contribution in [-0.2, 0) is 0 Å². The van der Waals surface area contributed by atoms with Crippen molar-refractivity contribution in [1.82, 2.24) is 9.88 Å². The van der Waals surface area contributed by atoms with Crippen LogP contribution in [0.25, 0.3) is 10.9 Å². The van der Waals surface area contributed by atoms with E-state index in [4.69, 9.17) is 9.47 Å². The van der Waals surface area contributed by atoms with E-state index in [2.05, 4.69) is 4.98 Å². The molecule has 1 saturated heterocycles. The molecule has 1 fully saturated rings. The number of rotatable bonds is 3. The molecule has 0 spiro atoms. The molecule has 1 aromatic carbocycles. The zero-order chi connectivity index (χ0) is 17.6. The molecule has 2 N–H and O–H groups in total. The van der Waals surface area contributed by atoms with Gasteiger partial charge < -0.3 is 24.5 Å². The van der Waals surface area contributed by atoms with Gasteiger partial charge in [0.2, 0.25) is 6.79 Å². The van der Waals surface area contributed by atoms with Gasteiger partial charge in [0.15, 0.2) is 11.5 Å². The Morgan fingerprint density at radius 3 is 2.60 bits per heavy atom. The molecule has 2 aliphatic heterocycles. The van der Waals surface area contributed by atoms with Gasteiger partial charge >= 0.3 is 0 Å². The lowest BCUT2D eigenvalue weighted by molar-refractivity contribution is 0.0357. The smallest absolute Gasteiger partial charge is 0.270 e. The van der Waals surface area contributed by atoms with Gasteiger partial charge in [0.1, 0.15) is 5.69 Å². The highest BCUT2D eigenvalue weighted by molar-refractivity contribution is 5.98. The number of ether oxygens (including phenoxy) is 2. The number of hydrogen-bond donors (Lipinski definition) is 2. The average Bonchev–Trinajstić information content (AvgIpc) is 3.16. The van der Waals surface area contributed by atoms with Gasteiger partial charge in [-0.2, -0.15) is 0 Å². The number of H-pyrrole nitrogens is 1. The van der Waals surface area contributed by atoms with Gasteiger partial charge in [-0.05, 0) is 51.2 Å². The van der Waals surface area contributed by atoms with Gasteiger partial charge in [0.05, 0.1) is 5.60 Å². The SMILES string of the molecule is CC(C)(O)CC1CCN(C(=O)c2cc3cc4c(cc3[nH]2)OCO4)CC1. The van der Waals surface area contributed by atoms with E-state index in [-0.39, 0.29) is 12.7 Å². The Bertz CT molecular complexity index is 757. The van der Waals surface area contributed by atoms with Crippen LogP contribution in [0.1, 0.15) is 43.6 Å². The first-order chi connectivity index (χ1) is 11.9. The molecular weight excluding hydrogens is 320 g/mol. The van der Waals surface area contributed by atoms with E-state index in [9.17, 15) is 9.90 Å². The number of aromatic amines is 1. The summed E-state index contributed by atoms with van der Waals surface area (Å²) in [4.78, 5) is 17.9. The van der Waals surface area contributed by atoms with E-state index < -0.39 is 5.60 Å². The fourth-order valence-electron chi connectivity index (χ4n) is 3.85. The van der Waals surface area contributed by atoms with Crippen molar-refractivity contribution in [2.24, 2.45) is 5.92 Å². The van der Waals surface area contributed by atoms with Crippen LogP contribution >= 0.6 is 0 Å². The van der Waals surface area contributed by atoms with E-state index in [1.807, 2.05) is 36.9 Å². The summed E-state index contributed by atoms with van der Waals surface area (Å²) in [5, 5.41) is 10.9. The minimum absolute atomic E-state index is 0.0277. The summed E-state index contributed by atoms with van der Waals surface area (Å²) < 4.78 is 10.8. The first kappa shape index (κ1) is 16.3. The minimum Gasteiger partial charge on any atom is -0.454 e. The number of carbonyl (C=O) groups excluding carboxylic acids is 1. The number of nitrogens with zero attached hydrogens (tertiary/aromatic N) is 1. The molecule has 0 unspecified atom stereocenters. The molecule has 0 bridgehead atoms. The largest absolute Gasteiger partial charge is 0.454 e. The van der Waals surface area contributed by atoms with Gasteiger partial charge in [-0.25, -0.2) is 0 Å². The molecule has 134 valence electrons. The normalized spacial score (nSPS) is 18.1. The van der Waals surface area contributed by atoms with Gasteiger partial charge in [-0.1, -0.05) is 0 Å². The highest BCUT2D eigenvalue weighted by Gasteiger charge is 2.28. The Hall–Kier alpha value is -2.21. The maximum Gasteiger partial charge on any atom is 0.270 e. The summed E-state index contributed by atoms with van der Waals surface area (Å²) in [7, 11) is 0. The lowest BCUT2D eigenvalue weighted by atomic mass is 9.86. The fraction of sp³-hybridized carbons (Fsp3) is 0.526. The molecule has 1 aromatic heterocycles. The van der Waals surface area contributed by atoms with E-state index >= 15 is 0 Å². The minimum atomic E-state index is -0.640. The first-order valence-electron chi connectivity index (χ1n) is 8.83. The fourth-order valence-corrected chi connectivity index (χ4v) is 3.85. The van der Waals surface area contributed by atoms with Crippen LogP contribution < -0.4 is 9.47 Å². The second kappa shape index (κ2) is 5.95. The van der Waals surface area contributed by atoms with Crippen molar-refractivity contribution in [2.45, 2.75) is 38.7 Å². The molecule has 0 saturated carbocycles. The van der Waals surface area contributed by atoms with E-state index in [0.29, 0.717) is 17.4 Å². The highest BCUT2D eigenvalue weighted by Crippen LogP contribution is 2.36. The van der Waals surface area contributed by atoms with Crippen LogP contribution in [0, 0.1) is 5.92 Å². The Labute approximate surface area is 146 Å². The zero-order valence-electron chi connectivity index (χ0n) is 14.7. The molecule has 6 heteroatoms. The summed E-state index contributed by atoms with van der Waals surface area (Å²) in [5.74, 6) is 1.93. The van der Waals surface area contributed by atoms with Crippen molar-refractivity contribution in [1.29, 1.82) is 0 Å². The maximum atomic E-state index is 12.8. The third kappa shape index (κ3) is 3.31. The number of amides is 1. The van der Waals surface area contributed by atoms with E-state index in [1.165, 1.54) is 0 Å². The number of hydrogen-bond acceptors (Lipinski definition) is 4. The van der Waals surface area contributed by atoms with Crippen LogP contribution in [0.4, 0.5) is 0 Å². The van der Waals surface area contributed by atoms with Gasteiger partial charge in [0, 0.05) is 30.1 Å².